The van der Waals surface area contributed by atoms with Crippen molar-refractivity contribution in [3.05, 3.63) is 58.3 Å². The molecule has 9 heteroatoms. The average molecular weight is 436 g/mol. The first-order valence-electron chi connectivity index (χ1n) is 7.75. The van der Waals surface area contributed by atoms with Gasteiger partial charge in [0, 0.05) is 22.8 Å². The van der Waals surface area contributed by atoms with E-state index >= 15 is 0 Å². The number of benzene rings is 2. The van der Waals surface area contributed by atoms with Crippen LogP contribution in [0.25, 0.3) is 0 Å². The second kappa shape index (κ2) is 8.41. The number of hydrogen-bond donors (Lipinski definition) is 1. The molecule has 0 saturated heterocycles. The van der Waals surface area contributed by atoms with Crippen molar-refractivity contribution in [3.8, 4) is 0 Å². The minimum absolute atomic E-state index is 0.148. The summed E-state index contributed by atoms with van der Waals surface area (Å²) in [5.74, 6) is -0.448. The normalized spacial score (nSPS) is 10.7. The molecule has 0 radical (unpaired) electrons. The largest absolute Gasteiger partial charge is 0.325 e. The first-order chi connectivity index (χ1) is 12.5. The number of carbonyl (C=O) groups excluding carboxylic acids is 1. The van der Waals surface area contributed by atoms with Crippen LogP contribution in [0, 0.1) is 5.82 Å². The summed E-state index contributed by atoms with van der Waals surface area (Å²) in [6.07, 6.45) is 0.721. The van der Waals surface area contributed by atoms with Crippen molar-refractivity contribution in [1.82, 2.24) is 20.2 Å². The lowest BCUT2D eigenvalue weighted by molar-refractivity contribution is -0.116. The fourth-order valence-corrected chi connectivity index (χ4v) is 3.42. The maximum atomic E-state index is 13.2. The standard InChI is InChI=1S/C17H15BrFN5OS/c1-24-17(21-22-23-24)26-15-7-6-12(18)10-14(15)20-16(25)8-5-11-3-2-4-13(19)9-11/h2-4,6-7,9-10H,5,8H2,1H3,(H,20,25). The van der Waals surface area contributed by atoms with Crippen molar-refractivity contribution in [2.75, 3.05) is 5.32 Å². The van der Waals surface area contributed by atoms with E-state index in [2.05, 4.69) is 36.8 Å². The molecule has 1 N–H and O–H groups in total. The molecule has 0 saturated carbocycles. The van der Waals surface area contributed by atoms with Crippen molar-refractivity contribution in [2.24, 2.45) is 7.05 Å². The number of aromatic nitrogens is 4. The number of carbonyl (C=O) groups is 1. The van der Waals surface area contributed by atoms with Gasteiger partial charge in [-0.1, -0.05) is 28.1 Å². The minimum atomic E-state index is -0.300. The summed E-state index contributed by atoms with van der Waals surface area (Å²) >= 11 is 4.77. The molecule has 0 atom stereocenters. The summed E-state index contributed by atoms with van der Waals surface area (Å²) in [6, 6.07) is 11.9. The predicted molar refractivity (Wildman–Crippen MR) is 100 cm³/mol. The zero-order valence-electron chi connectivity index (χ0n) is 13.8. The van der Waals surface area contributed by atoms with Gasteiger partial charge in [0.05, 0.1) is 5.69 Å². The van der Waals surface area contributed by atoms with Gasteiger partial charge in [-0.3, -0.25) is 4.79 Å². The van der Waals surface area contributed by atoms with E-state index < -0.39 is 0 Å². The zero-order chi connectivity index (χ0) is 18.5. The lowest BCUT2D eigenvalue weighted by atomic mass is 10.1. The first-order valence-corrected chi connectivity index (χ1v) is 9.36. The molecular formula is C17H15BrFN5OS. The highest BCUT2D eigenvalue weighted by atomic mass is 79.9. The first kappa shape index (κ1) is 18.5. The number of rotatable bonds is 6. The number of amides is 1. The molecule has 0 spiro atoms. The van der Waals surface area contributed by atoms with Gasteiger partial charge in [-0.25, -0.2) is 9.07 Å². The zero-order valence-corrected chi connectivity index (χ0v) is 16.2. The van der Waals surface area contributed by atoms with Gasteiger partial charge < -0.3 is 5.32 Å². The fourth-order valence-electron chi connectivity index (χ4n) is 2.26. The van der Waals surface area contributed by atoms with Crippen molar-refractivity contribution in [2.45, 2.75) is 22.9 Å². The summed E-state index contributed by atoms with van der Waals surface area (Å²) in [7, 11) is 1.75. The van der Waals surface area contributed by atoms with E-state index in [4.69, 9.17) is 0 Å². The Kier molecular flexibility index (Phi) is 6.00. The number of tetrazole rings is 1. The minimum Gasteiger partial charge on any atom is -0.325 e. The second-order valence-corrected chi connectivity index (χ2v) is 7.43. The van der Waals surface area contributed by atoms with Crippen LogP contribution in [0.2, 0.25) is 0 Å². The maximum absolute atomic E-state index is 13.2. The van der Waals surface area contributed by atoms with E-state index in [0.717, 1.165) is 14.9 Å². The lowest BCUT2D eigenvalue weighted by Gasteiger charge is -2.11. The molecule has 0 unspecified atom stereocenters. The molecule has 3 rings (SSSR count). The molecular weight excluding hydrogens is 421 g/mol. The Hall–Kier alpha value is -2.26. The van der Waals surface area contributed by atoms with Gasteiger partial charge in [-0.15, -0.1) is 5.10 Å². The van der Waals surface area contributed by atoms with Crippen molar-refractivity contribution in [1.29, 1.82) is 0 Å². The van der Waals surface area contributed by atoms with Crippen LogP contribution < -0.4 is 5.32 Å². The van der Waals surface area contributed by atoms with Gasteiger partial charge in [0.2, 0.25) is 11.1 Å². The monoisotopic (exact) mass is 435 g/mol. The highest BCUT2D eigenvalue weighted by Gasteiger charge is 2.12. The van der Waals surface area contributed by atoms with E-state index in [1.165, 1.54) is 23.9 Å². The molecule has 26 heavy (non-hydrogen) atoms. The van der Waals surface area contributed by atoms with Gasteiger partial charge in [-0.05, 0) is 64.5 Å². The van der Waals surface area contributed by atoms with E-state index in [1.807, 2.05) is 18.2 Å². The number of anilines is 1. The Morgan fingerprint density at radius 3 is 2.88 bits per heavy atom. The van der Waals surface area contributed by atoms with Crippen molar-refractivity contribution < 1.29 is 9.18 Å². The van der Waals surface area contributed by atoms with E-state index in [9.17, 15) is 9.18 Å². The number of nitrogens with zero attached hydrogens (tertiary/aromatic N) is 4. The van der Waals surface area contributed by atoms with Gasteiger partial charge >= 0.3 is 0 Å². The maximum Gasteiger partial charge on any atom is 0.224 e. The smallest absolute Gasteiger partial charge is 0.224 e. The fraction of sp³-hybridized carbons (Fsp3) is 0.176. The van der Waals surface area contributed by atoms with Crippen molar-refractivity contribution >= 4 is 39.3 Å². The van der Waals surface area contributed by atoms with Crippen LogP contribution in [0.15, 0.2) is 57.0 Å². The summed E-state index contributed by atoms with van der Waals surface area (Å²) in [4.78, 5) is 13.2. The third-order valence-electron chi connectivity index (χ3n) is 3.53. The highest BCUT2D eigenvalue weighted by molar-refractivity contribution is 9.10. The molecule has 0 aliphatic heterocycles. The molecule has 6 nitrogen and oxygen atoms in total. The number of aryl methyl sites for hydroxylation is 2. The Morgan fingerprint density at radius 2 is 2.15 bits per heavy atom. The molecule has 3 aromatic rings. The number of halogens is 2. The molecule has 134 valence electrons. The molecule has 1 heterocycles. The van der Waals surface area contributed by atoms with Crippen LogP contribution in [-0.2, 0) is 18.3 Å². The quantitative estimate of drug-likeness (QED) is 0.636. The Morgan fingerprint density at radius 1 is 1.31 bits per heavy atom. The average Bonchev–Trinajstić information content (AvgIpc) is 3.00. The molecule has 1 amide bonds. The Bertz CT molecular complexity index is 933. The third kappa shape index (κ3) is 4.89. The molecule has 0 aliphatic carbocycles. The SMILES string of the molecule is Cn1nnnc1Sc1ccc(Br)cc1NC(=O)CCc1cccc(F)c1. The van der Waals surface area contributed by atoms with Crippen LogP contribution >= 0.6 is 27.7 Å². The van der Waals surface area contributed by atoms with E-state index in [0.29, 0.717) is 17.3 Å². The van der Waals surface area contributed by atoms with Crippen LogP contribution in [0.1, 0.15) is 12.0 Å². The molecule has 2 aromatic carbocycles. The summed E-state index contributed by atoms with van der Waals surface area (Å²) in [5, 5.41) is 14.9. The van der Waals surface area contributed by atoms with Crippen LogP contribution in [-0.4, -0.2) is 26.1 Å². The van der Waals surface area contributed by atoms with E-state index in [1.54, 1.807) is 23.9 Å². The summed E-state index contributed by atoms with van der Waals surface area (Å²) in [6.45, 7) is 0. The number of hydrogen-bond acceptors (Lipinski definition) is 5. The second-order valence-electron chi connectivity index (χ2n) is 5.51. The Balaban J connectivity index is 1.69. The van der Waals surface area contributed by atoms with E-state index in [-0.39, 0.29) is 18.1 Å². The van der Waals surface area contributed by atoms with Gasteiger partial charge in [0.25, 0.3) is 0 Å². The molecule has 1 aromatic heterocycles. The lowest BCUT2D eigenvalue weighted by Crippen LogP contribution is -2.13. The van der Waals surface area contributed by atoms with Crippen molar-refractivity contribution in [3.63, 3.8) is 0 Å². The molecule has 0 aliphatic rings. The van der Waals surface area contributed by atoms with Gasteiger partial charge in [0.15, 0.2) is 0 Å². The summed E-state index contributed by atoms with van der Waals surface area (Å²) < 4.78 is 15.6. The Labute approximate surface area is 162 Å². The third-order valence-corrected chi connectivity index (χ3v) is 5.13. The van der Waals surface area contributed by atoms with Crippen LogP contribution in [0.3, 0.4) is 0 Å². The molecule has 0 bridgehead atoms. The van der Waals surface area contributed by atoms with Crippen LogP contribution in [0.5, 0.6) is 0 Å². The summed E-state index contributed by atoms with van der Waals surface area (Å²) in [5.41, 5.74) is 1.45. The topological polar surface area (TPSA) is 72.7 Å². The highest BCUT2D eigenvalue weighted by Crippen LogP contribution is 2.33. The van der Waals surface area contributed by atoms with Gasteiger partial charge in [0.1, 0.15) is 5.82 Å². The molecule has 0 fully saturated rings. The van der Waals surface area contributed by atoms with Crippen LogP contribution in [0.4, 0.5) is 10.1 Å². The number of nitrogens with one attached hydrogen (secondary N) is 1. The predicted octanol–water partition coefficient (Wildman–Crippen LogP) is 3.83. The van der Waals surface area contributed by atoms with Gasteiger partial charge in [-0.2, -0.15) is 0 Å².